The lowest BCUT2D eigenvalue weighted by Gasteiger charge is -2.13. The van der Waals surface area contributed by atoms with Crippen LogP contribution in [0, 0.1) is 0 Å². The van der Waals surface area contributed by atoms with Crippen LogP contribution in [0.25, 0.3) is 0 Å². The van der Waals surface area contributed by atoms with Gasteiger partial charge in [-0.2, -0.15) is 0 Å². The zero-order valence-electron chi connectivity index (χ0n) is 10.7. The van der Waals surface area contributed by atoms with Gasteiger partial charge in [0.1, 0.15) is 0 Å². The first kappa shape index (κ1) is 14.4. The quantitative estimate of drug-likeness (QED) is 0.808. The normalized spacial score (nSPS) is 14.9. The maximum Gasteiger partial charge on any atom is 0.252 e. The van der Waals surface area contributed by atoms with Crippen LogP contribution in [-0.2, 0) is 0 Å². The molecule has 2 rings (SSSR count). The van der Waals surface area contributed by atoms with E-state index in [4.69, 9.17) is 23.2 Å². The molecule has 0 atom stereocenters. The minimum absolute atomic E-state index is 0.163. The minimum atomic E-state index is -0.163. The molecule has 0 aromatic heterocycles. The van der Waals surface area contributed by atoms with Gasteiger partial charge in [-0.15, -0.1) is 0 Å². The van der Waals surface area contributed by atoms with E-state index in [0.29, 0.717) is 22.2 Å². The molecule has 0 spiro atoms. The summed E-state index contributed by atoms with van der Waals surface area (Å²) in [6, 6.07) is 4.91. The maximum atomic E-state index is 12.0. The Bertz CT molecular complexity index is 497. The summed E-state index contributed by atoms with van der Waals surface area (Å²) in [7, 11) is 0. The third kappa shape index (κ3) is 4.26. The number of carbonyl (C=O) groups is 1. The Balaban J connectivity index is 1.87. The van der Waals surface area contributed by atoms with Gasteiger partial charge >= 0.3 is 0 Å². The van der Waals surface area contributed by atoms with Crippen molar-refractivity contribution in [3.63, 3.8) is 0 Å². The van der Waals surface area contributed by atoms with Crippen molar-refractivity contribution in [1.29, 1.82) is 0 Å². The molecule has 1 aliphatic rings. The van der Waals surface area contributed by atoms with Gasteiger partial charge in [-0.05, 0) is 50.3 Å². The third-order valence-corrected chi connectivity index (χ3v) is 3.85. The van der Waals surface area contributed by atoms with Gasteiger partial charge in [0.2, 0.25) is 0 Å². The van der Waals surface area contributed by atoms with Gasteiger partial charge in [0.15, 0.2) is 0 Å². The fourth-order valence-corrected chi connectivity index (χ4v) is 2.61. The van der Waals surface area contributed by atoms with Gasteiger partial charge in [-0.1, -0.05) is 34.9 Å². The molecule has 4 heteroatoms. The number of rotatable bonds is 4. The highest BCUT2D eigenvalue weighted by Gasteiger charge is 2.11. The van der Waals surface area contributed by atoms with Gasteiger partial charge < -0.3 is 5.32 Å². The SMILES string of the molecule is O=C(NCCC1=CCCCC1)c1cc(Cl)ccc1Cl. The van der Waals surface area contributed by atoms with Gasteiger partial charge in [-0.3, -0.25) is 4.79 Å². The first-order valence-electron chi connectivity index (χ1n) is 6.58. The lowest BCUT2D eigenvalue weighted by Crippen LogP contribution is -2.25. The number of allylic oxidation sites excluding steroid dienone is 1. The molecule has 0 aliphatic heterocycles. The molecule has 0 saturated carbocycles. The van der Waals surface area contributed by atoms with Gasteiger partial charge in [-0.25, -0.2) is 0 Å². The van der Waals surface area contributed by atoms with Crippen molar-refractivity contribution in [2.45, 2.75) is 32.1 Å². The highest BCUT2D eigenvalue weighted by molar-refractivity contribution is 6.35. The summed E-state index contributed by atoms with van der Waals surface area (Å²) in [6.45, 7) is 0.646. The van der Waals surface area contributed by atoms with Gasteiger partial charge in [0, 0.05) is 11.6 Å². The number of amides is 1. The van der Waals surface area contributed by atoms with Crippen LogP contribution in [0.3, 0.4) is 0 Å². The summed E-state index contributed by atoms with van der Waals surface area (Å²) in [6.07, 6.45) is 8.09. The third-order valence-electron chi connectivity index (χ3n) is 3.29. The second kappa shape index (κ2) is 6.97. The van der Waals surface area contributed by atoms with Crippen LogP contribution < -0.4 is 5.32 Å². The van der Waals surface area contributed by atoms with Crippen molar-refractivity contribution in [3.05, 3.63) is 45.5 Å². The van der Waals surface area contributed by atoms with Crippen LogP contribution in [0.4, 0.5) is 0 Å². The van der Waals surface area contributed by atoms with E-state index in [2.05, 4.69) is 11.4 Å². The topological polar surface area (TPSA) is 29.1 Å². The van der Waals surface area contributed by atoms with E-state index in [1.165, 1.54) is 24.8 Å². The fraction of sp³-hybridized carbons (Fsp3) is 0.400. The average molecular weight is 298 g/mol. The first-order valence-corrected chi connectivity index (χ1v) is 7.33. The summed E-state index contributed by atoms with van der Waals surface area (Å²) >= 11 is 11.9. The van der Waals surface area contributed by atoms with Gasteiger partial charge in [0.05, 0.1) is 10.6 Å². The Morgan fingerprint density at radius 2 is 2.11 bits per heavy atom. The summed E-state index contributed by atoms with van der Waals surface area (Å²) < 4.78 is 0. The molecular weight excluding hydrogens is 281 g/mol. The Labute approximate surface area is 123 Å². The van der Waals surface area contributed by atoms with E-state index in [0.717, 1.165) is 12.8 Å². The fourth-order valence-electron chi connectivity index (χ4n) is 2.24. The molecule has 1 amide bonds. The van der Waals surface area contributed by atoms with E-state index in [1.807, 2.05) is 0 Å². The number of carbonyl (C=O) groups excluding carboxylic acids is 1. The largest absolute Gasteiger partial charge is 0.352 e. The van der Waals surface area contributed by atoms with Crippen LogP contribution >= 0.6 is 23.2 Å². The van der Waals surface area contributed by atoms with E-state index in [1.54, 1.807) is 18.2 Å². The molecule has 0 fully saturated rings. The molecule has 2 nitrogen and oxygen atoms in total. The van der Waals surface area contributed by atoms with E-state index >= 15 is 0 Å². The molecule has 0 unspecified atom stereocenters. The van der Waals surface area contributed by atoms with E-state index in [9.17, 15) is 4.79 Å². The second-order valence-electron chi connectivity index (χ2n) is 4.74. The Hall–Kier alpha value is -0.990. The molecule has 0 bridgehead atoms. The molecule has 1 aromatic rings. The predicted molar refractivity (Wildman–Crippen MR) is 80.0 cm³/mol. The smallest absolute Gasteiger partial charge is 0.252 e. The standard InChI is InChI=1S/C15H17Cl2NO/c16-12-6-7-14(17)13(10-12)15(19)18-9-8-11-4-2-1-3-5-11/h4,6-7,10H,1-3,5,8-9H2,(H,18,19). The predicted octanol–water partition coefficient (Wildman–Crippen LogP) is 4.61. The first-order chi connectivity index (χ1) is 9.16. The molecule has 0 saturated heterocycles. The zero-order chi connectivity index (χ0) is 13.7. The molecule has 1 aromatic carbocycles. The Morgan fingerprint density at radius 1 is 1.26 bits per heavy atom. The van der Waals surface area contributed by atoms with Crippen LogP contribution in [0.5, 0.6) is 0 Å². The van der Waals surface area contributed by atoms with Crippen molar-refractivity contribution < 1.29 is 4.79 Å². The number of nitrogens with one attached hydrogen (secondary N) is 1. The summed E-state index contributed by atoms with van der Waals surface area (Å²) in [5.74, 6) is -0.163. The van der Waals surface area contributed by atoms with Gasteiger partial charge in [0.25, 0.3) is 5.91 Å². The number of hydrogen-bond donors (Lipinski definition) is 1. The Morgan fingerprint density at radius 3 is 2.84 bits per heavy atom. The molecule has 1 aliphatic carbocycles. The van der Waals surface area contributed by atoms with Crippen LogP contribution in [0.2, 0.25) is 10.0 Å². The van der Waals surface area contributed by atoms with E-state index in [-0.39, 0.29) is 5.91 Å². The lowest BCUT2D eigenvalue weighted by atomic mass is 9.97. The number of benzene rings is 1. The van der Waals surface area contributed by atoms with Crippen LogP contribution in [-0.4, -0.2) is 12.5 Å². The highest BCUT2D eigenvalue weighted by atomic mass is 35.5. The molecule has 19 heavy (non-hydrogen) atoms. The molecule has 102 valence electrons. The average Bonchev–Trinajstić information content (AvgIpc) is 2.42. The Kier molecular flexibility index (Phi) is 5.29. The highest BCUT2D eigenvalue weighted by Crippen LogP contribution is 2.21. The van der Waals surface area contributed by atoms with Crippen molar-refractivity contribution in [2.24, 2.45) is 0 Å². The van der Waals surface area contributed by atoms with Crippen molar-refractivity contribution in [2.75, 3.05) is 6.54 Å². The molecule has 0 radical (unpaired) electrons. The molecular formula is C15H17Cl2NO. The lowest BCUT2D eigenvalue weighted by molar-refractivity contribution is 0.0954. The van der Waals surface area contributed by atoms with E-state index < -0.39 is 0 Å². The second-order valence-corrected chi connectivity index (χ2v) is 5.58. The zero-order valence-corrected chi connectivity index (χ0v) is 12.2. The monoisotopic (exact) mass is 297 g/mol. The number of hydrogen-bond acceptors (Lipinski definition) is 1. The summed E-state index contributed by atoms with van der Waals surface area (Å²) in [5.41, 5.74) is 1.88. The molecule has 1 N–H and O–H groups in total. The maximum absolute atomic E-state index is 12.0. The number of halogens is 2. The van der Waals surface area contributed by atoms with Crippen LogP contribution in [0.15, 0.2) is 29.8 Å². The molecule has 0 heterocycles. The van der Waals surface area contributed by atoms with Crippen LogP contribution in [0.1, 0.15) is 42.5 Å². The van der Waals surface area contributed by atoms with Crippen molar-refractivity contribution >= 4 is 29.1 Å². The van der Waals surface area contributed by atoms with Crippen molar-refractivity contribution in [3.8, 4) is 0 Å². The minimum Gasteiger partial charge on any atom is -0.352 e. The summed E-state index contributed by atoms with van der Waals surface area (Å²) in [4.78, 5) is 12.0. The summed E-state index contributed by atoms with van der Waals surface area (Å²) in [5, 5.41) is 3.84. The van der Waals surface area contributed by atoms with Crippen molar-refractivity contribution in [1.82, 2.24) is 5.32 Å².